The molecule has 18 heavy (non-hydrogen) atoms. The average Bonchev–Trinajstić information content (AvgIpc) is 2.89. The number of benzene rings is 2. The first-order valence-corrected chi connectivity index (χ1v) is 6.39. The van der Waals surface area contributed by atoms with Crippen LogP contribution in [0.15, 0.2) is 69.9 Å². The van der Waals surface area contributed by atoms with Crippen LogP contribution in [0.2, 0.25) is 0 Å². The van der Waals surface area contributed by atoms with Crippen molar-refractivity contribution in [2.45, 2.75) is 0 Å². The highest BCUT2D eigenvalue weighted by atomic mass is 79.9. The Hall–Kier alpha value is -1.87. The Morgan fingerprint density at radius 1 is 0.889 bits per heavy atom. The summed E-state index contributed by atoms with van der Waals surface area (Å²) >= 11 is 3.47. The van der Waals surface area contributed by atoms with Gasteiger partial charge in [0.1, 0.15) is 5.69 Å². The van der Waals surface area contributed by atoms with Gasteiger partial charge in [-0.3, -0.25) is 0 Å². The highest BCUT2D eigenvalue weighted by molar-refractivity contribution is 9.10. The third-order valence-corrected chi connectivity index (χ3v) is 3.19. The Balaban J connectivity index is 2.13. The van der Waals surface area contributed by atoms with Gasteiger partial charge in [-0.2, -0.15) is 0 Å². The molecule has 2 aromatic carbocycles. The van der Waals surface area contributed by atoms with Crippen LogP contribution in [0.4, 0.5) is 0 Å². The van der Waals surface area contributed by atoms with Crippen molar-refractivity contribution in [2.75, 3.05) is 0 Å². The molecule has 3 heteroatoms. The molecule has 0 aliphatic rings. The number of nitrogens with zero attached hydrogens (tertiary/aromatic N) is 1. The van der Waals surface area contributed by atoms with Crippen molar-refractivity contribution in [2.24, 2.45) is 0 Å². The summed E-state index contributed by atoms with van der Waals surface area (Å²) in [7, 11) is 0. The molecule has 1 aromatic heterocycles. The van der Waals surface area contributed by atoms with E-state index >= 15 is 0 Å². The molecule has 0 saturated carbocycles. The molecule has 0 fully saturated rings. The highest BCUT2D eigenvalue weighted by Gasteiger charge is 2.12. The summed E-state index contributed by atoms with van der Waals surface area (Å²) in [6.45, 7) is 0. The molecule has 0 unspecified atom stereocenters. The third-order valence-electron chi connectivity index (χ3n) is 2.70. The van der Waals surface area contributed by atoms with Crippen molar-refractivity contribution in [1.29, 1.82) is 0 Å². The summed E-state index contributed by atoms with van der Waals surface area (Å²) in [5, 5.41) is 0. The van der Waals surface area contributed by atoms with E-state index in [2.05, 4.69) is 20.9 Å². The van der Waals surface area contributed by atoms with Crippen molar-refractivity contribution in [1.82, 2.24) is 4.98 Å². The summed E-state index contributed by atoms with van der Waals surface area (Å²) in [5.41, 5.74) is 2.94. The number of hydrogen-bond acceptors (Lipinski definition) is 2. The minimum atomic E-state index is 0.794. The molecule has 1 heterocycles. The predicted molar refractivity (Wildman–Crippen MR) is 75.1 cm³/mol. The second-order valence-electron chi connectivity index (χ2n) is 3.91. The fourth-order valence-electron chi connectivity index (χ4n) is 1.88. The van der Waals surface area contributed by atoms with E-state index in [-0.39, 0.29) is 0 Å². The Morgan fingerprint density at radius 3 is 2.44 bits per heavy atom. The second-order valence-corrected chi connectivity index (χ2v) is 4.82. The molecule has 0 radical (unpaired) electrons. The maximum atomic E-state index is 5.53. The first-order chi connectivity index (χ1) is 8.84. The van der Waals surface area contributed by atoms with Gasteiger partial charge in [0.2, 0.25) is 0 Å². The van der Waals surface area contributed by atoms with Crippen LogP contribution in [0.5, 0.6) is 0 Å². The zero-order valence-corrected chi connectivity index (χ0v) is 11.1. The van der Waals surface area contributed by atoms with E-state index < -0.39 is 0 Å². The van der Waals surface area contributed by atoms with Crippen molar-refractivity contribution in [3.63, 3.8) is 0 Å². The van der Waals surface area contributed by atoms with E-state index in [1.807, 2.05) is 54.6 Å². The lowest BCUT2D eigenvalue weighted by Crippen LogP contribution is -1.82. The molecule has 3 rings (SSSR count). The molecular formula is C15H10BrNO. The summed E-state index contributed by atoms with van der Waals surface area (Å²) in [6.07, 6.45) is 1.48. The first-order valence-electron chi connectivity index (χ1n) is 5.59. The minimum absolute atomic E-state index is 0.794. The lowest BCUT2D eigenvalue weighted by molar-refractivity contribution is 0.572. The Kier molecular flexibility index (Phi) is 2.99. The number of rotatable bonds is 2. The summed E-state index contributed by atoms with van der Waals surface area (Å²) in [6, 6.07) is 18.0. The third kappa shape index (κ3) is 2.09. The molecule has 2 nitrogen and oxygen atoms in total. The zero-order chi connectivity index (χ0) is 12.4. The van der Waals surface area contributed by atoms with Crippen molar-refractivity contribution in [3.8, 4) is 22.6 Å². The summed E-state index contributed by atoms with van der Waals surface area (Å²) in [5.74, 6) is 0.794. The van der Waals surface area contributed by atoms with Crippen LogP contribution in [-0.4, -0.2) is 4.98 Å². The molecule has 0 atom stereocenters. The molecule has 0 N–H and O–H groups in total. The van der Waals surface area contributed by atoms with E-state index in [1.165, 1.54) is 6.39 Å². The maximum absolute atomic E-state index is 5.53. The number of oxazole rings is 1. The molecule has 0 aliphatic carbocycles. The van der Waals surface area contributed by atoms with E-state index in [0.29, 0.717) is 0 Å². The molecule has 0 amide bonds. The molecule has 0 spiro atoms. The van der Waals surface area contributed by atoms with E-state index in [0.717, 1.165) is 27.1 Å². The molecule has 0 saturated heterocycles. The van der Waals surface area contributed by atoms with Gasteiger partial charge in [-0.1, -0.05) is 58.4 Å². The zero-order valence-electron chi connectivity index (χ0n) is 9.51. The Morgan fingerprint density at radius 2 is 1.67 bits per heavy atom. The van der Waals surface area contributed by atoms with E-state index in [4.69, 9.17) is 4.42 Å². The highest BCUT2D eigenvalue weighted by Crippen LogP contribution is 2.31. The van der Waals surface area contributed by atoms with Gasteiger partial charge in [-0.05, 0) is 12.1 Å². The fraction of sp³-hybridized carbons (Fsp3) is 0. The quantitative estimate of drug-likeness (QED) is 0.681. The fourth-order valence-corrected chi connectivity index (χ4v) is 2.28. The van der Waals surface area contributed by atoms with Gasteiger partial charge in [0, 0.05) is 15.6 Å². The number of aromatic nitrogens is 1. The Bertz CT molecular complexity index is 661. The second kappa shape index (κ2) is 4.78. The van der Waals surface area contributed by atoms with E-state index in [1.54, 1.807) is 0 Å². The molecule has 3 aromatic rings. The first kappa shape index (κ1) is 11.2. The van der Waals surface area contributed by atoms with Crippen LogP contribution in [0.1, 0.15) is 0 Å². The molecular weight excluding hydrogens is 290 g/mol. The van der Waals surface area contributed by atoms with Crippen LogP contribution in [-0.2, 0) is 0 Å². The van der Waals surface area contributed by atoms with Gasteiger partial charge in [-0.15, -0.1) is 0 Å². The molecule has 88 valence electrons. The lowest BCUT2D eigenvalue weighted by atomic mass is 10.1. The van der Waals surface area contributed by atoms with E-state index in [9.17, 15) is 0 Å². The van der Waals surface area contributed by atoms with Crippen LogP contribution in [0, 0.1) is 0 Å². The summed E-state index contributed by atoms with van der Waals surface area (Å²) < 4.78 is 6.55. The van der Waals surface area contributed by atoms with Crippen LogP contribution >= 0.6 is 15.9 Å². The standard InChI is InChI=1S/C15H10BrNO/c16-13-8-4-7-12(9-13)15-14(17-10-18-15)11-5-2-1-3-6-11/h1-10H. The van der Waals surface area contributed by atoms with Gasteiger partial charge in [0.25, 0.3) is 0 Å². The van der Waals surface area contributed by atoms with Crippen LogP contribution < -0.4 is 0 Å². The monoisotopic (exact) mass is 299 g/mol. The van der Waals surface area contributed by atoms with Crippen LogP contribution in [0.3, 0.4) is 0 Å². The number of hydrogen-bond donors (Lipinski definition) is 0. The van der Waals surface area contributed by atoms with Gasteiger partial charge in [0.15, 0.2) is 12.2 Å². The van der Waals surface area contributed by atoms with Crippen molar-refractivity contribution in [3.05, 3.63) is 65.5 Å². The maximum Gasteiger partial charge on any atom is 0.182 e. The van der Waals surface area contributed by atoms with Gasteiger partial charge >= 0.3 is 0 Å². The van der Waals surface area contributed by atoms with Crippen molar-refractivity contribution < 1.29 is 4.42 Å². The normalized spacial score (nSPS) is 10.5. The number of halogens is 1. The van der Waals surface area contributed by atoms with Gasteiger partial charge < -0.3 is 4.42 Å². The SMILES string of the molecule is Brc1cccc(-c2ocnc2-c2ccccc2)c1. The topological polar surface area (TPSA) is 26.0 Å². The van der Waals surface area contributed by atoms with Gasteiger partial charge in [-0.25, -0.2) is 4.98 Å². The van der Waals surface area contributed by atoms with Crippen molar-refractivity contribution >= 4 is 15.9 Å². The van der Waals surface area contributed by atoms with Gasteiger partial charge in [0.05, 0.1) is 0 Å². The lowest BCUT2D eigenvalue weighted by Gasteiger charge is -2.02. The summed E-state index contributed by atoms with van der Waals surface area (Å²) in [4.78, 5) is 4.31. The van der Waals surface area contributed by atoms with Crippen LogP contribution in [0.25, 0.3) is 22.6 Å². The largest absolute Gasteiger partial charge is 0.443 e. The molecule has 0 bridgehead atoms. The predicted octanol–water partition coefficient (Wildman–Crippen LogP) is 4.77. The smallest absolute Gasteiger partial charge is 0.182 e. The molecule has 0 aliphatic heterocycles. The Labute approximate surface area is 113 Å². The minimum Gasteiger partial charge on any atom is -0.443 e. The average molecular weight is 300 g/mol.